The maximum Gasteiger partial charge on any atom is 0.315 e. The number of hydrogen-bond donors (Lipinski definition) is 3. The molecule has 3 unspecified atom stereocenters. The van der Waals surface area contributed by atoms with Crippen LogP contribution in [0.25, 0.3) is 0 Å². The first-order chi connectivity index (χ1) is 7.63. The minimum Gasteiger partial charge on any atom is -0.396 e. The van der Waals surface area contributed by atoms with E-state index < -0.39 is 0 Å². The van der Waals surface area contributed by atoms with Crippen LogP contribution in [0.1, 0.15) is 39.5 Å². The molecule has 0 aromatic carbocycles. The molecule has 16 heavy (non-hydrogen) atoms. The van der Waals surface area contributed by atoms with Crippen LogP contribution in [0.3, 0.4) is 0 Å². The van der Waals surface area contributed by atoms with Crippen LogP contribution >= 0.6 is 0 Å². The molecule has 0 bridgehead atoms. The highest BCUT2D eigenvalue weighted by Crippen LogP contribution is 2.28. The van der Waals surface area contributed by atoms with E-state index in [1.807, 2.05) is 0 Å². The van der Waals surface area contributed by atoms with Gasteiger partial charge in [0.15, 0.2) is 0 Å². The van der Waals surface area contributed by atoms with E-state index >= 15 is 0 Å². The fraction of sp³-hybridized carbons (Fsp3) is 0.917. The molecule has 3 atom stereocenters. The summed E-state index contributed by atoms with van der Waals surface area (Å²) in [5.74, 6) is 1.35. The van der Waals surface area contributed by atoms with Crippen LogP contribution in [0.2, 0.25) is 0 Å². The Hall–Kier alpha value is -0.770. The van der Waals surface area contributed by atoms with Crippen molar-refractivity contribution in [3.63, 3.8) is 0 Å². The van der Waals surface area contributed by atoms with E-state index in [4.69, 9.17) is 5.11 Å². The van der Waals surface area contributed by atoms with Crippen LogP contribution in [0.5, 0.6) is 0 Å². The summed E-state index contributed by atoms with van der Waals surface area (Å²) in [5.41, 5.74) is 0. The second kappa shape index (κ2) is 6.74. The van der Waals surface area contributed by atoms with E-state index in [0.717, 1.165) is 12.3 Å². The normalized spacial score (nSPS) is 29.8. The summed E-state index contributed by atoms with van der Waals surface area (Å²) in [7, 11) is 0. The quantitative estimate of drug-likeness (QED) is 0.638. The molecule has 1 saturated carbocycles. The van der Waals surface area contributed by atoms with Gasteiger partial charge in [0, 0.05) is 19.2 Å². The average Bonchev–Trinajstić information content (AvgIpc) is 2.23. The standard InChI is InChI=1S/C12H24N2O2/c1-9-4-5-11(10(2)8-9)14-12(16)13-6-3-7-15/h9-11,15H,3-8H2,1-2H3,(H2,13,14,16). The van der Waals surface area contributed by atoms with E-state index in [9.17, 15) is 4.79 Å². The van der Waals surface area contributed by atoms with Crippen molar-refractivity contribution in [2.75, 3.05) is 13.2 Å². The molecule has 0 heterocycles. The Morgan fingerprint density at radius 3 is 2.75 bits per heavy atom. The molecule has 0 saturated heterocycles. The fourth-order valence-corrected chi connectivity index (χ4v) is 2.38. The fourth-order valence-electron chi connectivity index (χ4n) is 2.38. The monoisotopic (exact) mass is 228 g/mol. The molecular weight excluding hydrogens is 204 g/mol. The Morgan fingerprint density at radius 1 is 1.38 bits per heavy atom. The highest BCUT2D eigenvalue weighted by atomic mass is 16.3. The molecule has 0 spiro atoms. The molecule has 4 heteroatoms. The zero-order valence-electron chi connectivity index (χ0n) is 10.3. The summed E-state index contributed by atoms with van der Waals surface area (Å²) in [6, 6.07) is 0.213. The number of aliphatic hydroxyl groups excluding tert-OH is 1. The predicted molar refractivity (Wildman–Crippen MR) is 64.2 cm³/mol. The van der Waals surface area contributed by atoms with Crippen molar-refractivity contribution in [1.29, 1.82) is 0 Å². The SMILES string of the molecule is CC1CCC(NC(=O)NCCCO)C(C)C1. The van der Waals surface area contributed by atoms with Crippen LogP contribution in [-0.2, 0) is 0 Å². The Kier molecular flexibility index (Phi) is 5.60. The summed E-state index contributed by atoms with van der Waals surface area (Å²) in [5, 5.41) is 14.4. The Balaban J connectivity index is 2.22. The first-order valence-electron chi connectivity index (χ1n) is 6.28. The number of hydrogen-bond acceptors (Lipinski definition) is 2. The molecule has 3 N–H and O–H groups in total. The van der Waals surface area contributed by atoms with Gasteiger partial charge < -0.3 is 15.7 Å². The van der Waals surface area contributed by atoms with Crippen LogP contribution in [-0.4, -0.2) is 30.3 Å². The van der Waals surface area contributed by atoms with Gasteiger partial charge >= 0.3 is 6.03 Å². The number of carbonyl (C=O) groups excluding carboxylic acids is 1. The van der Waals surface area contributed by atoms with Gasteiger partial charge in [-0.1, -0.05) is 13.8 Å². The van der Waals surface area contributed by atoms with Gasteiger partial charge in [-0.3, -0.25) is 0 Å². The van der Waals surface area contributed by atoms with Crippen LogP contribution in [0, 0.1) is 11.8 Å². The Morgan fingerprint density at radius 2 is 2.12 bits per heavy atom. The Labute approximate surface area is 97.8 Å². The molecular formula is C12H24N2O2. The predicted octanol–water partition coefficient (Wildman–Crippen LogP) is 1.49. The smallest absolute Gasteiger partial charge is 0.315 e. The van der Waals surface area contributed by atoms with Gasteiger partial charge in [0.1, 0.15) is 0 Å². The van der Waals surface area contributed by atoms with Gasteiger partial charge in [0.2, 0.25) is 0 Å². The zero-order chi connectivity index (χ0) is 12.0. The first-order valence-corrected chi connectivity index (χ1v) is 6.28. The molecule has 2 amide bonds. The second-order valence-corrected chi connectivity index (χ2v) is 4.98. The number of nitrogens with one attached hydrogen (secondary N) is 2. The van der Waals surface area contributed by atoms with Crippen LogP contribution in [0.4, 0.5) is 4.79 Å². The Bertz CT molecular complexity index is 221. The third-order valence-electron chi connectivity index (χ3n) is 3.37. The van der Waals surface area contributed by atoms with Crippen LogP contribution < -0.4 is 10.6 Å². The van der Waals surface area contributed by atoms with E-state index in [1.165, 1.54) is 12.8 Å². The van der Waals surface area contributed by atoms with Crippen molar-refractivity contribution >= 4 is 6.03 Å². The zero-order valence-corrected chi connectivity index (χ0v) is 10.3. The maximum atomic E-state index is 11.5. The van der Waals surface area contributed by atoms with Crippen LogP contribution in [0.15, 0.2) is 0 Å². The number of urea groups is 1. The summed E-state index contributed by atoms with van der Waals surface area (Å²) >= 11 is 0. The van der Waals surface area contributed by atoms with Gasteiger partial charge in [0.25, 0.3) is 0 Å². The maximum absolute atomic E-state index is 11.5. The lowest BCUT2D eigenvalue weighted by Crippen LogP contribution is -2.47. The van der Waals surface area contributed by atoms with Crippen molar-refractivity contribution in [1.82, 2.24) is 10.6 Å². The first kappa shape index (κ1) is 13.3. The lowest BCUT2D eigenvalue weighted by molar-refractivity contribution is 0.205. The highest BCUT2D eigenvalue weighted by molar-refractivity contribution is 5.74. The van der Waals surface area contributed by atoms with Gasteiger partial charge in [-0.05, 0) is 37.5 Å². The lowest BCUT2D eigenvalue weighted by Gasteiger charge is -2.33. The van der Waals surface area contributed by atoms with Crippen molar-refractivity contribution in [3.05, 3.63) is 0 Å². The van der Waals surface area contributed by atoms with E-state index in [2.05, 4.69) is 24.5 Å². The molecule has 1 aliphatic carbocycles. The van der Waals surface area contributed by atoms with Gasteiger partial charge in [-0.25, -0.2) is 4.79 Å². The third-order valence-corrected chi connectivity index (χ3v) is 3.37. The van der Waals surface area contributed by atoms with Crippen molar-refractivity contribution in [3.8, 4) is 0 Å². The van der Waals surface area contributed by atoms with Crippen molar-refractivity contribution in [2.45, 2.75) is 45.6 Å². The molecule has 0 radical (unpaired) electrons. The third kappa shape index (κ3) is 4.39. The minimum absolute atomic E-state index is 0.0974. The summed E-state index contributed by atoms with van der Waals surface area (Å²) in [6.07, 6.45) is 4.09. The molecule has 0 aliphatic heterocycles. The number of amides is 2. The van der Waals surface area contributed by atoms with Crippen molar-refractivity contribution in [2.24, 2.45) is 11.8 Å². The average molecular weight is 228 g/mol. The molecule has 1 aliphatic rings. The largest absolute Gasteiger partial charge is 0.396 e. The van der Waals surface area contributed by atoms with E-state index in [1.54, 1.807) is 0 Å². The molecule has 4 nitrogen and oxygen atoms in total. The number of aliphatic hydroxyl groups is 1. The summed E-state index contributed by atoms with van der Waals surface area (Å²) < 4.78 is 0. The second-order valence-electron chi connectivity index (χ2n) is 4.98. The topological polar surface area (TPSA) is 61.4 Å². The van der Waals surface area contributed by atoms with Gasteiger partial charge in [-0.2, -0.15) is 0 Å². The number of carbonyl (C=O) groups is 1. The number of rotatable bonds is 4. The van der Waals surface area contributed by atoms with Crippen molar-refractivity contribution < 1.29 is 9.90 Å². The molecule has 94 valence electrons. The molecule has 1 rings (SSSR count). The van der Waals surface area contributed by atoms with E-state index in [-0.39, 0.29) is 12.6 Å². The van der Waals surface area contributed by atoms with E-state index in [0.29, 0.717) is 24.9 Å². The molecule has 1 fully saturated rings. The lowest BCUT2D eigenvalue weighted by atomic mass is 9.80. The summed E-state index contributed by atoms with van der Waals surface area (Å²) in [4.78, 5) is 11.5. The summed E-state index contributed by atoms with van der Waals surface area (Å²) in [6.45, 7) is 5.14. The molecule has 0 aromatic heterocycles. The highest BCUT2D eigenvalue weighted by Gasteiger charge is 2.26. The van der Waals surface area contributed by atoms with Gasteiger partial charge in [0.05, 0.1) is 0 Å². The van der Waals surface area contributed by atoms with Gasteiger partial charge in [-0.15, -0.1) is 0 Å². The minimum atomic E-state index is -0.0974. The molecule has 0 aromatic rings.